The average molecular weight is 527 g/mol. The van der Waals surface area contributed by atoms with Gasteiger partial charge in [0.05, 0.1) is 17.1 Å². The number of amides is 2. The van der Waals surface area contributed by atoms with Crippen LogP contribution in [0.3, 0.4) is 0 Å². The van der Waals surface area contributed by atoms with Crippen molar-refractivity contribution in [3.63, 3.8) is 0 Å². The molecule has 2 amide bonds. The van der Waals surface area contributed by atoms with Crippen LogP contribution >= 0.6 is 11.6 Å². The van der Waals surface area contributed by atoms with Crippen LogP contribution in [0.5, 0.6) is 11.6 Å². The van der Waals surface area contributed by atoms with Gasteiger partial charge in [-0.25, -0.2) is 14.5 Å². The highest BCUT2D eigenvalue weighted by atomic mass is 35.5. The molecule has 0 saturated carbocycles. The average Bonchev–Trinajstić information content (AvgIpc) is 3.31. The fourth-order valence-corrected chi connectivity index (χ4v) is 4.25. The maximum atomic E-state index is 13.2. The van der Waals surface area contributed by atoms with Gasteiger partial charge in [0.1, 0.15) is 11.6 Å². The van der Waals surface area contributed by atoms with Crippen molar-refractivity contribution in [1.82, 2.24) is 19.7 Å². The van der Waals surface area contributed by atoms with Crippen LogP contribution in [0, 0.1) is 6.92 Å². The summed E-state index contributed by atoms with van der Waals surface area (Å²) in [5.41, 5.74) is 3.60. The number of rotatable bonds is 8. The van der Waals surface area contributed by atoms with Crippen LogP contribution in [0.25, 0.3) is 16.5 Å². The summed E-state index contributed by atoms with van der Waals surface area (Å²) in [6.07, 6.45) is 4.47. The highest BCUT2D eigenvalue weighted by Crippen LogP contribution is 2.34. The van der Waals surface area contributed by atoms with Crippen molar-refractivity contribution in [2.24, 2.45) is 0 Å². The largest absolute Gasteiger partial charge is 0.438 e. The highest BCUT2D eigenvalue weighted by Gasteiger charge is 2.15. The molecular weight excluding hydrogens is 500 g/mol. The summed E-state index contributed by atoms with van der Waals surface area (Å²) in [5.74, 6) is 1.51. The van der Waals surface area contributed by atoms with E-state index in [9.17, 15) is 4.79 Å². The van der Waals surface area contributed by atoms with E-state index in [4.69, 9.17) is 21.4 Å². The standard InChI is InChI=1S/C29H27ClN6O2/c1-3-4-7-20-18-26(36(35-20)21-12-10-19(2)11-13-21)33-29(37)32-24-14-15-25(23-9-6-5-8-22(23)24)38-27-16-17-31-28(30)34-27/h5-6,8-18H,3-4,7H2,1-2H3,(H2,32,33,37). The van der Waals surface area contributed by atoms with Crippen molar-refractivity contribution in [3.8, 4) is 17.3 Å². The number of carbonyl (C=O) groups is 1. The van der Waals surface area contributed by atoms with Crippen LogP contribution in [-0.4, -0.2) is 25.8 Å². The molecule has 9 heteroatoms. The SMILES string of the molecule is CCCCc1cc(NC(=O)Nc2ccc(Oc3ccnc(Cl)n3)c3ccccc23)n(-c2ccc(C)cc2)n1. The number of hydrogen-bond acceptors (Lipinski definition) is 5. The summed E-state index contributed by atoms with van der Waals surface area (Å²) in [6, 6.07) is 22.5. The number of aromatic nitrogens is 4. The topological polar surface area (TPSA) is 94.0 Å². The molecule has 0 aliphatic rings. The Kier molecular flexibility index (Phi) is 7.51. The zero-order valence-electron chi connectivity index (χ0n) is 21.1. The fourth-order valence-electron chi connectivity index (χ4n) is 4.11. The summed E-state index contributed by atoms with van der Waals surface area (Å²) in [4.78, 5) is 21.2. The number of aryl methyl sites for hydroxylation is 2. The van der Waals surface area contributed by atoms with Gasteiger partial charge in [-0.15, -0.1) is 0 Å². The predicted octanol–water partition coefficient (Wildman–Crippen LogP) is 7.56. The minimum Gasteiger partial charge on any atom is -0.438 e. The maximum Gasteiger partial charge on any atom is 0.324 e. The number of carbonyl (C=O) groups excluding carboxylic acids is 1. The molecule has 2 aromatic heterocycles. The van der Waals surface area contributed by atoms with Gasteiger partial charge in [-0.1, -0.05) is 55.3 Å². The summed E-state index contributed by atoms with van der Waals surface area (Å²) >= 11 is 5.90. The minimum absolute atomic E-state index is 0.101. The molecule has 5 aromatic rings. The number of urea groups is 1. The first-order chi connectivity index (χ1) is 18.5. The van der Waals surface area contributed by atoms with Gasteiger partial charge in [0.25, 0.3) is 0 Å². The predicted molar refractivity (Wildman–Crippen MR) is 151 cm³/mol. The van der Waals surface area contributed by atoms with Crippen molar-refractivity contribution in [2.45, 2.75) is 33.1 Å². The first kappa shape index (κ1) is 25.2. The van der Waals surface area contributed by atoms with Gasteiger partial charge in [-0.05, 0) is 55.6 Å². The lowest BCUT2D eigenvalue weighted by molar-refractivity contribution is 0.262. The number of nitrogens with one attached hydrogen (secondary N) is 2. The Balaban J connectivity index is 1.40. The molecule has 38 heavy (non-hydrogen) atoms. The molecular formula is C29H27ClN6O2. The van der Waals surface area contributed by atoms with Crippen molar-refractivity contribution in [1.29, 1.82) is 0 Å². The van der Waals surface area contributed by atoms with Gasteiger partial charge >= 0.3 is 6.03 Å². The molecule has 0 aliphatic heterocycles. The number of benzene rings is 3. The lowest BCUT2D eigenvalue weighted by atomic mass is 10.1. The third kappa shape index (κ3) is 5.76. The van der Waals surface area contributed by atoms with Crippen molar-refractivity contribution >= 4 is 39.9 Å². The number of hydrogen-bond donors (Lipinski definition) is 2. The Hall–Kier alpha value is -4.43. The van der Waals surface area contributed by atoms with Crippen LogP contribution < -0.4 is 15.4 Å². The normalized spacial score (nSPS) is 10.9. The molecule has 2 heterocycles. The number of halogens is 1. The number of nitrogens with zero attached hydrogens (tertiary/aromatic N) is 4. The third-order valence-electron chi connectivity index (χ3n) is 6.01. The molecule has 192 valence electrons. The van der Waals surface area contributed by atoms with E-state index < -0.39 is 0 Å². The maximum absolute atomic E-state index is 13.2. The lowest BCUT2D eigenvalue weighted by Gasteiger charge is -2.14. The molecule has 0 saturated heterocycles. The van der Waals surface area contributed by atoms with Gasteiger partial charge in [-0.3, -0.25) is 5.32 Å². The van der Waals surface area contributed by atoms with Gasteiger partial charge in [0.2, 0.25) is 11.2 Å². The highest BCUT2D eigenvalue weighted by molar-refractivity contribution is 6.28. The van der Waals surface area contributed by atoms with Crippen molar-refractivity contribution < 1.29 is 9.53 Å². The quantitative estimate of drug-likeness (QED) is 0.203. The molecule has 2 N–H and O–H groups in total. The van der Waals surface area contributed by atoms with Gasteiger partial charge in [0, 0.05) is 29.1 Å². The molecule has 0 atom stereocenters. The smallest absolute Gasteiger partial charge is 0.324 e. The van der Waals surface area contributed by atoms with E-state index >= 15 is 0 Å². The Morgan fingerprint density at radius 2 is 1.79 bits per heavy atom. The Morgan fingerprint density at radius 1 is 1.00 bits per heavy atom. The summed E-state index contributed by atoms with van der Waals surface area (Å²) < 4.78 is 7.73. The Morgan fingerprint density at radius 3 is 2.55 bits per heavy atom. The zero-order valence-corrected chi connectivity index (χ0v) is 21.9. The molecule has 0 fully saturated rings. The van der Waals surface area contributed by atoms with Crippen LogP contribution in [0.4, 0.5) is 16.3 Å². The summed E-state index contributed by atoms with van der Waals surface area (Å²) in [5, 5.41) is 12.4. The number of ether oxygens (including phenoxy) is 1. The van der Waals surface area contributed by atoms with E-state index in [1.165, 1.54) is 6.20 Å². The molecule has 5 rings (SSSR count). The third-order valence-corrected chi connectivity index (χ3v) is 6.20. The first-order valence-electron chi connectivity index (χ1n) is 12.4. The molecule has 0 spiro atoms. The second-order valence-electron chi connectivity index (χ2n) is 8.87. The summed E-state index contributed by atoms with van der Waals surface area (Å²) in [6.45, 7) is 4.18. The minimum atomic E-state index is -0.373. The first-order valence-corrected chi connectivity index (χ1v) is 12.8. The number of anilines is 2. The van der Waals surface area contributed by atoms with Crippen molar-refractivity contribution in [3.05, 3.63) is 95.5 Å². The monoisotopic (exact) mass is 526 g/mol. The van der Waals surface area contributed by atoms with Crippen molar-refractivity contribution in [2.75, 3.05) is 10.6 Å². The molecule has 3 aromatic carbocycles. The van der Waals surface area contributed by atoms with Gasteiger partial charge in [0.15, 0.2) is 0 Å². The second kappa shape index (κ2) is 11.3. The summed E-state index contributed by atoms with van der Waals surface area (Å²) in [7, 11) is 0. The molecule has 8 nitrogen and oxygen atoms in total. The van der Waals surface area contributed by atoms with E-state index in [2.05, 4.69) is 27.5 Å². The van der Waals surface area contributed by atoms with Crippen LogP contribution in [-0.2, 0) is 6.42 Å². The van der Waals surface area contributed by atoms with Crippen LogP contribution in [0.1, 0.15) is 31.0 Å². The van der Waals surface area contributed by atoms with E-state index in [-0.39, 0.29) is 11.3 Å². The second-order valence-corrected chi connectivity index (χ2v) is 9.21. The zero-order chi connectivity index (χ0) is 26.5. The van der Waals surface area contributed by atoms with E-state index in [1.807, 2.05) is 61.5 Å². The number of unbranched alkanes of at least 4 members (excludes halogenated alkanes) is 1. The Labute approximate surface area is 225 Å². The van der Waals surface area contributed by atoms with E-state index in [0.717, 1.165) is 47.0 Å². The Bertz CT molecular complexity index is 1580. The molecule has 0 radical (unpaired) electrons. The van der Waals surface area contributed by atoms with Crippen LogP contribution in [0.2, 0.25) is 5.28 Å². The van der Waals surface area contributed by atoms with Gasteiger partial charge in [-0.2, -0.15) is 10.1 Å². The fraction of sp³-hybridized carbons (Fsp3) is 0.172. The lowest BCUT2D eigenvalue weighted by Crippen LogP contribution is -2.21. The van der Waals surface area contributed by atoms with Gasteiger partial charge < -0.3 is 10.1 Å². The molecule has 0 bridgehead atoms. The van der Waals surface area contributed by atoms with E-state index in [0.29, 0.717) is 23.1 Å². The molecule has 0 unspecified atom stereocenters. The number of fused-ring (bicyclic) bond motifs is 1. The van der Waals surface area contributed by atoms with Crippen LogP contribution in [0.15, 0.2) is 79.0 Å². The van der Waals surface area contributed by atoms with E-state index in [1.54, 1.807) is 22.9 Å². The molecule has 0 aliphatic carbocycles.